The van der Waals surface area contributed by atoms with Crippen LogP contribution in [0.4, 0.5) is 8.78 Å². The summed E-state index contributed by atoms with van der Waals surface area (Å²) in [5, 5.41) is 0. The van der Waals surface area contributed by atoms with Gasteiger partial charge in [-0.3, -0.25) is 9.59 Å². The van der Waals surface area contributed by atoms with Crippen LogP contribution >= 0.6 is 0 Å². The first-order valence-corrected chi connectivity index (χ1v) is 3.26. The Morgan fingerprint density at radius 2 is 2.23 bits per heavy atom. The minimum absolute atomic E-state index is 0.0134. The molecule has 0 spiro atoms. The molecule has 4 nitrogen and oxygen atoms in total. The summed E-state index contributed by atoms with van der Waals surface area (Å²) in [6.07, 6.45) is -1.93. The molecule has 6 heteroatoms. The average Bonchev–Trinajstić information content (AvgIpc) is 2.08. The van der Waals surface area contributed by atoms with Crippen LogP contribution in [-0.4, -0.2) is 11.5 Å². The third-order valence-corrected chi connectivity index (χ3v) is 1.33. The van der Waals surface area contributed by atoms with Gasteiger partial charge in [-0.2, -0.15) is 0 Å². The maximum absolute atomic E-state index is 12.2. The van der Waals surface area contributed by atoms with Gasteiger partial charge in [0, 0.05) is 12.3 Å². The van der Waals surface area contributed by atoms with Gasteiger partial charge < -0.3 is 9.72 Å². The number of carbonyl (C=O) groups excluding carboxylic acids is 1. The molecule has 0 amide bonds. The molecule has 0 radical (unpaired) electrons. The first-order chi connectivity index (χ1) is 6.15. The SMILES string of the molecule is O=COc1c[nH]c(=O)cc1C(F)F. The Morgan fingerprint density at radius 1 is 1.54 bits per heavy atom. The van der Waals surface area contributed by atoms with E-state index in [0.717, 1.165) is 6.20 Å². The first-order valence-electron chi connectivity index (χ1n) is 3.26. The highest BCUT2D eigenvalue weighted by Crippen LogP contribution is 2.25. The van der Waals surface area contributed by atoms with Crippen LogP contribution in [0.3, 0.4) is 0 Å². The molecule has 0 aliphatic carbocycles. The molecule has 1 N–H and O–H groups in total. The Bertz CT molecular complexity index is 361. The largest absolute Gasteiger partial charge is 0.427 e. The zero-order valence-corrected chi connectivity index (χ0v) is 6.29. The van der Waals surface area contributed by atoms with Crippen LogP contribution in [0.5, 0.6) is 5.75 Å². The number of alkyl halides is 2. The average molecular weight is 189 g/mol. The van der Waals surface area contributed by atoms with E-state index >= 15 is 0 Å². The summed E-state index contributed by atoms with van der Waals surface area (Å²) in [7, 11) is 0. The summed E-state index contributed by atoms with van der Waals surface area (Å²) >= 11 is 0. The van der Waals surface area contributed by atoms with Crippen LogP contribution in [-0.2, 0) is 4.79 Å². The van der Waals surface area contributed by atoms with E-state index in [2.05, 4.69) is 9.72 Å². The van der Waals surface area contributed by atoms with E-state index in [0.29, 0.717) is 6.07 Å². The van der Waals surface area contributed by atoms with Crippen molar-refractivity contribution in [3.8, 4) is 5.75 Å². The van der Waals surface area contributed by atoms with Crippen molar-refractivity contribution in [1.82, 2.24) is 4.98 Å². The lowest BCUT2D eigenvalue weighted by molar-refractivity contribution is -0.120. The fourth-order valence-corrected chi connectivity index (χ4v) is 0.798. The molecule has 0 bridgehead atoms. The molecule has 1 aromatic heterocycles. The maximum Gasteiger partial charge on any atom is 0.298 e. The molecule has 70 valence electrons. The lowest BCUT2D eigenvalue weighted by atomic mass is 10.2. The van der Waals surface area contributed by atoms with Gasteiger partial charge in [-0.25, -0.2) is 8.78 Å². The van der Waals surface area contributed by atoms with Crippen LogP contribution in [0.15, 0.2) is 17.1 Å². The van der Waals surface area contributed by atoms with Crippen LogP contribution in [0, 0.1) is 0 Å². The van der Waals surface area contributed by atoms with Gasteiger partial charge in [0.05, 0.1) is 5.56 Å². The van der Waals surface area contributed by atoms with E-state index in [1.54, 1.807) is 0 Å². The molecule has 1 rings (SSSR count). The van der Waals surface area contributed by atoms with Crippen molar-refractivity contribution < 1.29 is 18.3 Å². The molecule has 1 heterocycles. The minimum Gasteiger partial charge on any atom is -0.427 e. The van der Waals surface area contributed by atoms with Crippen molar-refractivity contribution in [2.45, 2.75) is 6.43 Å². The van der Waals surface area contributed by atoms with Gasteiger partial charge in [0.15, 0.2) is 5.75 Å². The predicted octanol–water partition coefficient (Wildman–Crippen LogP) is 0.848. The van der Waals surface area contributed by atoms with Gasteiger partial charge in [-0.15, -0.1) is 0 Å². The molecule has 0 unspecified atom stereocenters. The van der Waals surface area contributed by atoms with Crippen molar-refractivity contribution >= 4 is 6.47 Å². The van der Waals surface area contributed by atoms with Gasteiger partial charge in [-0.1, -0.05) is 0 Å². The molecule has 0 atom stereocenters. The Hall–Kier alpha value is -1.72. The van der Waals surface area contributed by atoms with Crippen molar-refractivity contribution in [3.63, 3.8) is 0 Å². The van der Waals surface area contributed by atoms with Gasteiger partial charge in [0.25, 0.3) is 12.9 Å². The lowest BCUT2D eigenvalue weighted by Gasteiger charge is -2.03. The molecule has 13 heavy (non-hydrogen) atoms. The molecule has 0 saturated heterocycles. The monoisotopic (exact) mass is 189 g/mol. The number of aromatic nitrogens is 1. The molecule has 0 fully saturated rings. The number of nitrogens with one attached hydrogen (secondary N) is 1. The minimum atomic E-state index is -2.85. The first kappa shape index (κ1) is 9.37. The number of rotatable bonds is 3. The van der Waals surface area contributed by atoms with E-state index in [1.165, 1.54) is 0 Å². The van der Waals surface area contributed by atoms with E-state index in [4.69, 9.17) is 0 Å². The predicted molar refractivity (Wildman–Crippen MR) is 38.7 cm³/mol. The van der Waals surface area contributed by atoms with Crippen molar-refractivity contribution in [3.05, 3.63) is 28.2 Å². The molecule has 0 aromatic carbocycles. The number of ether oxygens (including phenoxy) is 1. The zero-order chi connectivity index (χ0) is 9.84. The fourth-order valence-electron chi connectivity index (χ4n) is 0.798. The highest BCUT2D eigenvalue weighted by atomic mass is 19.3. The summed E-state index contributed by atoms with van der Waals surface area (Å²) in [4.78, 5) is 22.6. The Morgan fingerprint density at radius 3 is 2.77 bits per heavy atom. The summed E-state index contributed by atoms with van der Waals surface area (Å²) in [6, 6.07) is 0.684. The fraction of sp³-hybridized carbons (Fsp3) is 0.143. The third-order valence-electron chi connectivity index (χ3n) is 1.33. The zero-order valence-electron chi connectivity index (χ0n) is 6.29. The van der Waals surface area contributed by atoms with Gasteiger partial charge in [0.2, 0.25) is 5.56 Å². The molecule has 0 aliphatic rings. The number of aromatic amines is 1. The van der Waals surface area contributed by atoms with E-state index < -0.39 is 17.5 Å². The van der Waals surface area contributed by atoms with Crippen LogP contribution < -0.4 is 10.3 Å². The number of hydrogen-bond donors (Lipinski definition) is 1. The van der Waals surface area contributed by atoms with Crippen LogP contribution in [0.1, 0.15) is 12.0 Å². The summed E-state index contributed by atoms with van der Waals surface area (Å²) in [5.41, 5.74) is -1.27. The second kappa shape index (κ2) is 3.79. The summed E-state index contributed by atoms with van der Waals surface area (Å²) in [5.74, 6) is -0.343. The summed E-state index contributed by atoms with van der Waals surface area (Å²) < 4.78 is 28.6. The maximum atomic E-state index is 12.2. The van der Waals surface area contributed by atoms with Crippen LogP contribution in [0.25, 0.3) is 0 Å². The van der Waals surface area contributed by atoms with Gasteiger partial charge in [-0.05, 0) is 0 Å². The number of halogens is 2. The van der Waals surface area contributed by atoms with Crippen LogP contribution in [0.2, 0.25) is 0 Å². The third kappa shape index (κ3) is 2.11. The van der Waals surface area contributed by atoms with E-state index in [-0.39, 0.29) is 12.2 Å². The molecule has 0 saturated carbocycles. The lowest BCUT2D eigenvalue weighted by Crippen LogP contribution is -2.07. The second-order valence-corrected chi connectivity index (χ2v) is 2.13. The Balaban J connectivity index is 3.17. The van der Waals surface area contributed by atoms with Crippen molar-refractivity contribution in [1.29, 1.82) is 0 Å². The highest BCUT2D eigenvalue weighted by Gasteiger charge is 2.14. The number of carbonyl (C=O) groups is 1. The second-order valence-electron chi connectivity index (χ2n) is 2.13. The smallest absolute Gasteiger partial charge is 0.298 e. The van der Waals surface area contributed by atoms with E-state index in [1.807, 2.05) is 0 Å². The van der Waals surface area contributed by atoms with E-state index in [9.17, 15) is 18.4 Å². The Labute approximate surface area is 71.1 Å². The highest BCUT2D eigenvalue weighted by molar-refractivity contribution is 5.47. The normalized spacial score (nSPS) is 10.1. The standard InChI is InChI=1S/C7H5F2NO3/c8-7(9)4-1-6(12)10-2-5(4)13-3-11/h1-3,7H,(H,10,12). The Kier molecular flexibility index (Phi) is 2.73. The number of H-pyrrole nitrogens is 1. The quantitative estimate of drug-likeness (QED) is 0.717. The number of pyridine rings is 1. The van der Waals surface area contributed by atoms with Gasteiger partial charge in [0.1, 0.15) is 0 Å². The van der Waals surface area contributed by atoms with Crippen molar-refractivity contribution in [2.24, 2.45) is 0 Å². The van der Waals surface area contributed by atoms with Crippen molar-refractivity contribution in [2.75, 3.05) is 0 Å². The molecule has 1 aromatic rings. The topological polar surface area (TPSA) is 59.2 Å². The summed E-state index contributed by atoms with van der Waals surface area (Å²) in [6.45, 7) is 0.0134. The number of hydrogen-bond acceptors (Lipinski definition) is 3. The molecular weight excluding hydrogens is 184 g/mol. The molecule has 0 aliphatic heterocycles. The van der Waals surface area contributed by atoms with Gasteiger partial charge >= 0.3 is 0 Å². The molecular formula is C7H5F2NO3.